The van der Waals surface area contributed by atoms with Crippen molar-refractivity contribution in [2.75, 3.05) is 24.6 Å². The van der Waals surface area contributed by atoms with Gasteiger partial charge in [0.15, 0.2) is 0 Å². The van der Waals surface area contributed by atoms with Crippen molar-refractivity contribution in [2.45, 2.75) is 25.9 Å². The van der Waals surface area contributed by atoms with Crippen molar-refractivity contribution < 1.29 is 4.74 Å². The number of rotatable bonds is 3. The van der Waals surface area contributed by atoms with Crippen LogP contribution in [0.5, 0.6) is 0 Å². The van der Waals surface area contributed by atoms with Gasteiger partial charge in [-0.05, 0) is 47.8 Å². The second-order valence-corrected chi connectivity index (χ2v) is 4.83. The lowest BCUT2D eigenvalue weighted by molar-refractivity contribution is 0.0525. The van der Waals surface area contributed by atoms with E-state index in [1.54, 1.807) is 0 Å². The minimum absolute atomic E-state index is 0.354. The molecule has 0 radical (unpaired) electrons. The zero-order valence-corrected chi connectivity index (χ0v) is 11.1. The van der Waals surface area contributed by atoms with Gasteiger partial charge in [0, 0.05) is 25.9 Å². The number of piperidine rings is 1. The monoisotopic (exact) mass is 284 g/mol. The number of pyridine rings is 1. The van der Waals surface area contributed by atoms with Gasteiger partial charge in [0.2, 0.25) is 0 Å². The van der Waals surface area contributed by atoms with Crippen LogP contribution in [0.25, 0.3) is 0 Å². The molecule has 1 atom stereocenters. The van der Waals surface area contributed by atoms with Crippen LogP contribution in [-0.4, -0.2) is 30.8 Å². The third-order valence-electron chi connectivity index (χ3n) is 2.82. The first-order valence-corrected chi connectivity index (χ1v) is 6.57. The van der Waals surface area contributed by atoms with Gasteiger partial charge in [-0.25, -0.2) is 4.98 Å². The van der Waals surface area contributed by atoms with E-state index < -0.39 is 0 Å². The maximum Gasteiger partial charge on any atom is 0.142 e. The molecule has 2 heterocycles. The zero-order chi connectivity index (χ0) is 11.4. The van der Waals surface area contributed by atoms with Gasteiger partial charge in [0.1, 0.15) is 5.82 Å². The topological polar surface area (TPSA) is 25.4 Å². The Kier molecular flexibility index (Phi) is 4.18. The lowest BCUT2D eigenvalue weighted by atomic mass is 10.1. The average Bonchev–Trinajstić information content (AvgIpc) is 2.30. The second-order valence-electron chi connectivity index (χ2n) is 3.97. The van der Waals surface area contributed by atoms with Gasteiger partial charge in [-0.2, -0.15) is 0 Å². The highest BCUT2D eigenvalue weighted by molar-refractivity contribution is 9.10. The molecule has 1 fully saturated rings. The summed E-state index contributed by atoms with van der Waals surface area (Å²) in [6.07, 6.45) is 4.53. The molecule has 4 heteroatoms. The van der Waals surface area contributed by atoms with Crippen LogP contribution in [0, 0.1) is 0 Å². The predicted molar refractivity (Wildman–Crippen MR) is 68.8 cm³/mol. The van der Waals surface area contributed by atoms with E-state index in [1.807, 2.05) is 18.3 Å². The molecule has 1 aliphatic rings. The van der Waals surface area contributed by atoms with Gasteiger partial charge >= 0.3 is 0 Å². The highest BCUT2D eigenvalue weighted by atomic mass is 79.9. The van der Waals surface area contributed by atoms with Crippen LogP contribution in [0.15, 0.2) is 22.8 Å². The first-order chi connectivity index (χ1) is 7.81. The highest BCUT2D eigenvalue weighted by Crippen LogP contribution is 2.26. The Morgan fingerprint density at radius 3 is 3.25 bits per heavy atom. The van der Waals surface area contributed by atoms with Crippen LogP contribution in [0.2, 0.25) is 0 Å². The van der Waals surface area contributed by atoms with E-state index in [0.717, 1.165) is 36.4 Å². The number of ether oxygens (including phenoxy) is 1. The molecule has 1 aliphatic heterocycles. The lowest BCUT2D eigenvalue weighted by Crippen LogP contribution is -2.40. The van der Waals surface area contributed by atoms with Crippen LogP contribution >= 0.6 is 15.9 Å². The summed E-state index contributed by atoms with van der Waals surface area (Å²) in [7, 11) is 0. The predicted octanol–water partition coefficient (Wildman–Crippen LogP) is 2.85. The second kappa shape index (κ2) is 5.64. The first-order valence-electron chi connectivity index (χ1n) is 5.78. The number of anilines is 1. The van der Waals surface area contributed by atoms with Crippen molar-refractivity contribution in [3.05, 3.63) is 22.8 Å². The molecule has 0 amide bonds. The molecule has 0 N–H and O–H groups in total. The van der Waals surface area contributed by atoms with Gasteiger partial charge in [0.05, 0.1) is 10.6 Å². The van der Waals surface area contributed by atoms with E-state index in [9.17, 15) is 0 Å². The van der Waals surface area contributed by atoms with E-state index in [-0.39, 0.29) is 0 Å². The SMILES string of the molecule is CCOC1CCCN(c2ncccc2Br)C1. The minimum atomic E-state index is 0.354. The number of nitrogens with zero attached hydrogens (tertiary/aromatic N) is 2. The average molecular weight is 285 g/mol. The fourth-order valence-electron chi connectivity index (χ4n) is 2.11. The summed E-state index contributed by atoms with van der Waals surface area (Å²) in [6.45, 7) is 4.86. The number of hydrogen-bond acceptors (Lipinski definition) is 3. The van der Waals surface area contributed by atoms with Crippen LogP contribution in [0.1, 0.15) is 19.8 Å². The number of halogens is 1. The van der Waals surface area contributed by atoms with E-state index in [2.05, 4.69) is 32.7 Å². The molecule has 1 aromatic heterocycles. The van der Waals surface area contributed by atoms with Crippen molar-refractivity contribution in [3.63, 3.8) is 0 Å². The van der Waals surface area contributed by atoms with Crippen molar-refractivity contribution in [3.8, 4) is 0 Å². The van der Waals surface area contributed by atoms with Crippen LogP contribution < -0.4 is 4.90 Å². The summed E-state index contributed by atoms with van der Waals surface area (Å²) in [5.41, 5.74) is 0. The quantitative estimate of drug-likeness (QED) is 0.854. The lowest BCUT2D eigenvalue weighted by Gasteiger charge is -2.33. The summed E-state index contributed by atoms with van der Waals surface area (Å²) < 4.78 is 6.75. The van der Waals surface area contributed by atoms with Gasteiger partial charge in [-0.1, -0.05) is 0 Å². The van der Waals surface area contributed by atoms with E-state index in [1.165, 1.54) is 6.42 Å². The van der Waals surface area contributed by atoms with Crippen molar-refractivity contribution in [1.82, 2.24) is 4.98 Å². The third kappa shape index (κ3) is 2.74. The van der Waals surface area contributed by atoms with Crippen molar-refractivity contribution in [2.24, 2.45) is 0 Å². The van der Waals surface area contributed by atoms with Crippen LogP contribution in [0.4, 0.5) is 5.82 Å². The van der Waals surface area contributed by atoms with E-state index in [4.69, 9.17) is 4.74 Å². The van der Waals surface area contributed by atoms with E-state index in [0.29, 0.717) is 6.10 Å². The Morgan fingerprint density at radius 2 is 2.50 bits per heavy atom. The standard InChI is InChI=1S/C12H17BrN2O/c1-2-16-10-5-4-8-15(9-10)12-11(13)6-3-7-14-12/h3,6-7,10H,2,4-5,8-9H2,1H3. The normalized spacial score (nSPS) is 21.1. The molecule has 0 aliphatic carbocycles. The molecule has 0 aromatic carbocycles. The Hall–Kier alpha value is -0.610. The summed E-state index contributed by atoms with van der Waals surface area (Å²) in [6, 6.07) is 3.98. The maximum absolute atomic E-state index is 5.69. The number of hydrogen-bond donors (Lipinski definition) is 0. The molecule has 16 heavy (non-hydrogen) atoms. The van der Waals surface area contributed by atoms with Crippen LogP contribution in [-0.2, 0) is 4.74 Å². The molecule has 88 valence electrons. The molecule has 1 aromatic rings. The summed E-state index contributed by atoms with van der Waals surface area (Å²) in [5, 5.41) is 0. The van der Waals surface area contributed by atoms with Gasteiger partial charge in [0.25, 0.3) is 0 Å². The maximum atomic E-state index is 5.69. The summed E-state index contributed by atoms with van der Waals surface area (Å²) >= 11 is 3.55. The Morgan fingerprint density at radius 1 is 1.62 bits per heavy atom. The molecular weight excluding hydrogens is 268 g/mol. The largest absolute Gasteiger partial charge is 0.377 e. The van der Waals surface area contributed by atoms with Gasteiger partial charge < -0.3 is 9.64 Å². The molecule has 0 spiro atoms. The summed E-state index contributed by atoms with van der Waals surface area (Å²) in [4.78, 5) is 6.72. The Bertz CT molecular complexity index is 344. The molecule has 2 rings (SSSR count). The van der Waals surface area contributed by atoms with Crippen molar-refractivity contribution in [1.29, 1.82) is 0 Å². The Labute approximate surface area is 105 Å². The zero-order valence-electron chi connectivity index (χ0n) is 9.53. The van der Waals surface area contributed by atoms with Crippen molar-refractivity contribution >= 4 is 21.7 Å². The number of aromatic nitrogens is 1. The molecule has 0 bridgehead atoms. The molecule has 3 nitrogen and oxygen atoms in total. The third-order valence-corrected chi connectivity index (χ3v) is 3.44. The highest BCUT2D eigenvalue weighted by Gasteiger charge is 2.22. The molecule has 0 saturated carbocycles. The first kappa shape index (κ1) is 11.9. The minimum Gasteiger partial charge on any atom is -0.377 e. The van der Waals surface area contributed by atoms with Gasteiger partial charge in [-0.3, -0.25) is 0 Å². The summed E-state index contributed by atoms with van der Waals surface area (Å²) in [5.74, 6) is 1.03. The molecular formula is C12H17BrN2O. The van der Waals surface area contributed by atoms with Crippen LogP contribution in [0.3, 0.4) is 0 Å². The fraction of sp³-hybridized carbons (Fsp3) is 0.583. The van der Waals surface area contributed by atoms with Gasteiger partial charge in [-0.15, -0.1) is 0 Å². The van der Waals surface area contributed by atoms with E-state index >= 15 is 0 Å². The molecule has 1 saturated heterocycles. The smallest absolute Gasteiger partial charge is 0.142 e. The fourth-order valence-corrected chi connectivity index (χ4v) is 2.62. The Balaban J connectivity index is 2.07. The molecule has 1 unspecified atom stereocenters.